The van der Waals surface area contributed by atoms with Gasteiger partial charge >= 0.3 is 0 Å². The number of nitrogens with two attached hydrogens (primary N) is 1. The first kappa shape index (κ1) is 12.5. The van der Waals surface area contributed by atoms with Crippen LogP contribution in [0.3, 0.4) is 0 Å². The van der Waals surface area contributed by atoms with Crippen LogP contribution in [0.1, 0.15) is 32.2 Å². The van der Waals surface area contributed by atoms with Crippen molar-refractivity contribution >= 4 is 12.4 Å². The van der Waals surface area contributed by atoms with Crippen LogP contribution in [0.2, 0.25) is 0 Å². The monoisotopic (exact) mass is 203 g/mol. The van der Waals surface area contributed by atoms with Crippen molar-refractivity contribution in [3.8, 4) is 0 Å². The Morgan fingerprint density at radius 2 is 2.00 bits per heavy atom. The van der Waals surface area contributed by atoms with E-state index >= 15 is 0 Å². The highest BCUT2D eigenvalue weighted by molar-refractivity contribution is 5.85. The van der Waals surface area contributed by atoms with E-state index in [-0.39, 0.29) is 17.8 Å². The molecule has 0 atom stereocenters. The van der Waals surface area contributed by atoms with Gasteiger partial charge < -0.3 is 5.73 Å². The fourth-order valence-corrected chi connectivity index (χ4v) is 1.06. The predicted octanol–water partition coefficient (Wildman–Crippen LogP) is 1.60. The maximum atomic E-state index is 5.55. The fraction of sp³-hybridized carbons (Fsp3) is 0.667. The smallest absolute Gasteiger partial charge is 0.0681 e. The zero-order valence-corrected chi connectivity index (χ0v) is 9.48. The van der Waals surface area contributed by atoms with Crippen molar-refractivity contribution in [1.82, 2.24) is 9.78 Å². The van der Waals surface area contributed by atoms with Crippen LogP contribution >= 0.6 is 12.4 Å². The van der Waals surface area contributed by atoms with E-state index < -0.39 is 0 Å². The summed E-state index contributed by atoms with van der Waals surface area (Å²) in [7, 11) is 1.93. The molecule has 0 saturated carbocycles. The lowest BCUT2D eigenvalue weighted by atomic mass is 9.92. The molecule has 0 aromatic carbocycles. The molecule has 0 radical (unpaired) electrons. The van der Waals surface area contributed by atoms with E-state index in [1.807, 2.05) is 11.7 Å². The van der Waals surface area contributed by atoms with E-state index in [1.54, 1.807) is 0 Å². The minimum absolute atomic E-state index is 0. The Hall–Kier alpha value is -0.540. The summed E-state index contributed by atoms with van der Waals surface area (Å²) >= 11 is 0. The quantitative estimate of drug-likeness (QED) is 0.754. The Morgan fingerprint density at radius 1 is 1.46 bits per heavy atom. The molecule has 0 aliphatic heterocycles. The minimum atomic E-state index is 0. The van der Waals surface area contributed by atoms with Gasteiger partial charge in [0.05, 0.1) is 11.4 Å². The first-order chi connectivity index (χ1) is 5.45. The average Bonchev–Trinajstić information content (AvgIpc) is 2.29. The Kier molecular flexibility index (Phi) is 3.94. The van der Waals surface area contributed by atoms with E-state index in [1.165, 1.54) is 0 Å². The molecule has 0 bridgehead atoms. The zero-order valence-electron chi connectivity index (χ0n) is 8.66. The van der Waals surface area contributed by atoms with Crippen LogP contribution in [0, 0.1) is 0 Å². The lowest BCUT2D eigenvalue weighted by Crippen LogP contribution is -2.12. The maximum absolute atomic E-state index is 5.55. The van der Waals surface area contributed by atoms with Gasteiger partial charge in [-0.1, -0.05) is 20.8 Å². The molecule has 3 nitrogen and oxygen atoms in total. The van der Waals surface area contributed by atoms with Crippen molar-refractivity contribution in [3.63, 3.8) is 0 Å². The van der Waals surface area contributed by atoms with Crippen LogP contribution in [-0.4, -0.2) is 9.78 Å². The molecular weight excluding hydrogens is 186 g/mol. The van der Waals surface area contributed by atoms with Gasteiger partial charge in [-0.3, -0.25) is 4.68 Å². The number of hydrogen-bond acceptors (Lipinski definition) is 2. The molecule has 1 aromatic heterocycles. The minimum Gasteiger partial charge on any atom is -0.325 e. The molecule has 2 N–H and O–H groups in total. The van der Waals surface area contributed by atoms with Crippen LogP contribution in [-0.2, 0) is 19.0 Å². The van der Waals surface area contributed by atoms with Crippen molar-refractivity contribution in [2.24, 2.45) is 12.8 Å². The molecule has 1 heterocycles. The van der Waals surface area contributed by atoms with Crippen LogP contribution in [0.25, 0.3) is 0 Å². The molecule has 76 valence electrons. The van der Waals surface area contributed by atoms with Crippen LogP contribution in [0.4, 0.5) is 0 Å². The van der Waals surface area contributed by atoms with Crippen molar-refractivity contribution in [2.75, 3.05) is 0 Å². The molecule has 0 amide bonds. The summed E-state index contributed by atoms with van der Waals surface area (Å²) in [6.45, 7) is 7.00. The van der Waals surface area contributed by atoms with E-state index in [0.717, 1.165) is 11.4 Å². The molecule has 1 aromatic rings. The Labute approximate surface area is 85.7 Å². The maximum Gasteiger partial charge on any atom is 0.0681 e. The lowest BCUT2D eigenvalue weighted by Gasteiger charge is -2.13. The summed E-state index contributed by atoms with van der Waals surface area (Å²) in [5, 5.41) is 4.39. The van der Waals surface area contributed by atoms with Gasteiger partial charge in [0.15, 0.2) is 0 Å². The third-order valence-corrected chi connectivity index (χ3v) is 1.95. The standard InChI is InChI=1S/C9H17N3.ClH/c1-9(2,3)8-5-7(6-10)12(4)11-8;/h5H,6,10H2,1-4H3;1H. The normalized spacial score (nSPS) is 11.2. The van der Waals surface area contributed by atoms with Gasteiger partial charge in [0.25, 0.3) is 0 Å². The number of aromatic nitrogens is 2. The van der Waals surface area contributed by atoms with E-state index in [9.17, 15) is 0 Å². The van der Waals surface area contributed by atoms with Gasteiger partial charge in [0, 0.05) is 19.0 Å². The van der Waals surface area contributed by atoms with Crippen molar-refractivity contribution < 1.29 is 0 Å². The summed E-state index contributed by atoms with van der Waals surface area (Å²) in [4.78, 5) is 0. The van der Waals surface area contributed by atoms with E-state index in [2.05, 4.69) is 31.9 Å². The number of rotatable bonds is 1. The summed E-state index contributed by atoms with van der Waals surface area (Å²) in [5.74, 6) is 0. The van der Waals surface area contributed by atoms with Crippen molar-refractivity contribution in [2.45, 2.75) is 32.7 Å². The van der Waals surface area contributed by atoms with Gasteiger partial charge in [0.2, 0.25) is 0 Å². The molecule has 0 unspecified atom stereocenters. The third kappa shape index (κ3) is 2.71. The highest BCUT2D eigenvalue weighted by atomic mass is 35.5. The zero-order chi connectivity index (χ0) is 9.35. The molecule has 0 aliphatic carbocycles. The Bertz CT molecular complexity index is 273. The second-order valence-corrected chi connectivity index (χ2v) is 4.10. The average molecular weight is 204 g/mol. The van der Waals surface area contributed by atoms with Gasteiger partial charge in [0.1, 0.15) is 0 Å². The Balaban J connectivity index is 0.00000144. The van der Waals surface area contributed by atoms with Crippen LogP contribution in [0.15, 0.2) is 6.07 Å². The first-order valence-electron chi connectivity index (χ1n) is 4.18. The van der Waals surface area contributed by atoms with Crippen molar-refractivity contribution in [3.05, 3.63) is 17.5 Å². The Morgan fingerprint density at radius 3 is 2.23 bits per heavy atom. The van der Waals surface area contributed by atoms with E-state index in [4.69, 9.17) is 5.73 Å². The van der Waals surface area contributed by atoms with E-state index in [0.29, 0.717) is 6.54 Å². The molecular formula is C9H18ClN3. The summed E-state index contributed by atoms with van der Waals surface area (Å²) < 4.78 is 1.85. The predicted molar refractivity (Wildman–Crippen MR) is 57.0 cm³/mol. The number of halogens is 1. The molecule has 4 heteroatoms. The second kappa shape index (κ2) is 4.11. The van der Waals surface area contributed by atoms with Crippen molar-refractivity contribution in [1.29, 1.82) is 0 Å². The first-order valence-corrected chi connectivity index (χ1v) is 4.18. The molecule has 0 fully saturated rings. The molecule has 0 aliphatic rings. The molecule has 0 saturated heterocycles. The second-order valence-electron chi connectivity index (χ2n) is 4.10. The highest BCUT2D eigenvalue weighted by Crippen LogP contribution is 2.20. The number of aryl methyl sites for hydroxylation is 1. The number of hydrogen-bond donors (Lipinski definition) is 1. The summed E-state index contributed by atoms with van der Waals surface area (Å²) in [6, 6.07) is 2.07. The molecule has 0 spiro atoms. The van der Waals surface area contributed by atoms with Gasteiger partial charge in [-0.25, -0.2) is 0 Å². The topological polar surface area (TPSA) is 43.8 Å². The summed E-state index contributed by atoms with van der Waals surface area (Å²) in [6.07, 6.45) is 0. The lowest BCUT2D eigenvalue weighted by molar-refractivity contribution is 0.551. The summed E-state index contributed by atoms with van der Waals surface area (Å²) in [5.41, 5.74) is 7.85. The van der Waals surface area contributed by atoms with Crippen LogP contribution < -0.4 is 5.73 Å². The van der Waals surface area contributed by atoms with Gasteiger partial charge in [-0.15, -0.1) is 12.4 Å². The molecule has 13 heavy (non-hydrogen) atoms. The largest absolute Gasteiger partial charge is 0.325 e. The highest BCUT2D eigenvalue weighted by Gasteiger charge is 2.17. The van der Waals surface area contributed by atoms with Gasteiger partial charge in [-0.05, 0) is 6.07 Å². The third-order valence-electron chi connectivity index (χ3n) is 1.95. The SMILES string of the molecule is Cl.Cn1nc(C(C)(C)C)cc1CN. The fourth-order valence-electron chi connectivity index (χ4n) is 1.06. The van der Waals surface area contributed by atoms with Gasteiger partial charge in [-0.2, -0.15) is 5.10 Å². The molecule has 1 rings (SSSR count). The number of nitrogens with zero attached hydrogens (tertiary/aromatic N) is 2. The van der Waals surface area contributed by atoms with Crippen LogP contribution in [0.5, 0.6) is 0 Å².